The maximum absolute atomic E-state index is 9.25. The summed E-state index contributed by atoms with van der Waals surface area (Å²) < 4.78 is 0. The van der Waals surface area contributed by atoms with Crippen molar-refractivity contribution in [1.82, 2.24) is 10.2 Å². The smallest absolute Gasteiger partial charge is 0.193 e. The van der Waals surface area contributed by atoms with Crippen molar-refractivity contribution in [3.05, 3.63) is 29.8 Å². The molecule has 0 atom stereocenters. The number of hydrogen-bond acceptors (Lipinski definition) is 2. The molecule has 0 unspecified atom stereocenters. The van der Waals surface area contributed by atoms with Gasteiger partial charge in [-0.25, -0.2) is 4.99 Å². The topological polar surface area (TPSA) is 47.9 Å². The standard InChI is InChI=1S/C15H25N3O/c1-4-6-11-18(3)15(16-5-2)17-12-13-7-9-14(19)10-8-13/h7-10,19H,4-6,11-12H2,1-3H3,(H,16,17). The number of nitrogens with one attached hydrogen (secondary N) is 1. The summed E-state index contributed by atoms with van der Waals surface area (Å²) in [5.41, 5.74) is 1.09. The van der Waals surface area contributed by atoms with Crippen LogP contribution in [0.1, 0.15) is 32.3 Å². The molecule has 0 saturated carbocycles. The molecule has 0 heterocycles. The molecular weight excluding hydrogens is 238 g/mol. The summed E-state index contributed by atoms with van der Waals surface area (Å²) >= 11 is 0. The van der Waals surface area contributed by atoms with Crippen LogP contribution in [0.3, 0.4) is 0 Å². The van der Waals surface area contributed by atoms with Gasteiger partial charge < -0.3 is 15.3 Å². The second-order valence-electron chi connectivity index (χ2n) is 4.61. The van der Waals surface area contributed by atoms with Crippen LogP contribution in [-0.4, -0.2) is 36.1 Å². The molecule has 106 valence electrons. The van der Waals surface area contributed by atoms with E-state index >= 15 is 0 Å². The van der Waals surface area contributed by atoms with Gasteiger partial charge in [-0.3, -0.25) is 0 Å². The Labute approximate surface area is 116 Å². The minimum atomic E-state index is 0.291. The highest BCUT2D eigenvalue weighted by Crippen LogP contribution is 2.10. The van der Waals surface area contributed by atoms with Crippen molar-refractivity contribution in [2.24, 2.45) is 4.99 Å². The first-order valence-corrected chi connectivity index (χ1v) is 6.94. The van der Waals surface area contributed by atoms with Gasteiger partial charge in [-0.05, 0) is 31.0 Å². The maximum atomic E-state index is 9.25. The number of guanidine groups is 1. The van der Waals surface area contributed by atoms with E-state index in [1.54, 1.807) is 12.1 Å². The van der Waals surface area contributed by atoms with Gasteiger partial charge in [0.05, 0.1) is 6.54 Å². The molecule has 0 saturated heterocycles. The summed E-state index contributed by atoms with van der Waals surface area (Å²) in [5, 5.41) is 12.5. The van der Waals surface area contributed by atoms with Gasteiger partial charge in [0.15, 0.2) is 5.96 Å². The lowest BCUT2D eigenvalue weighted by Gasteiger charge is -2.21. The first-order valence-electron chi connectivity index (χ1n) is 6.94. The van der Waals surface area contributed by atoms with Gasteiger partial charge in [0.25, 0.3) is 0 Å². The number of aliphatic imine (C=N–C) groups is 1. The number of aromatic hydroxyl groups is 1. The number of unbranched alkanes of at least 4 members (excludes halogenated alkanes) is 1. The van der Waals surface area contributed by atoms with Gasteiger partial charge in [0, 0.05) is 20.1 Å². The first kappa shape index (κ1) is 15.3. The maximum Gasteiger partial charge on any atom is 0.193 e. The van der Waals surface area contributed by atoms with Crippen molar-refractivity contribution in [3.63, 3.8) is 0 Å². The molecule has 0 radical (unpaired) electrons. The fourth-order valence-electron chi connectivity index (χ4n) is 1.74. The zero-order chi connectivity index (χ0) is 14.1. The van der Waals surface area contributed by atoms with Crippen LogP contribution in [0.2, 0.25) is 0 Å². The molecule has 1 rings (SSSR count). The summed E-state index contributed by atoms with van der Waals surface area (Å²) in [6.07, 6.45) is 2.35. The van der Waals surface area contributed by atoms with E-state index in [9.17, 15) is 5.11 Å². The Bertz CT molecular complexity index is 387. The van der Waals surface area contributed by atoms with Gasteiger partial charge in [-0.1, -0.05) is 25.5 Å². The van der Waals surface area contributed by atoms with Crippen LogP contribution in [-0.2, 0) is 6.54 Å². The van der Waals surface area contributed by atoms with E-state index in [0.29, 0.717) is 12.3 Å². The Balaban J connectivity index is 2.63. The monoisotopic (exact) mass is 263 g/mol. The zero-order valence-corrected chi connectivity index (χ0v) is 12.2. The van der Waals surface area contributed by atoms with E-state index in [1.807, 2.05) is 12.1 Å². The quantitative estimate of drug-likeness (QED) is 0.612. The molecule has 2 N–H and O–H groups in total. The van der Waals surface area contributed by atoms with Crippen LogP contribution in [0.25, 0.3) is 0 Å². The van der Waals surface area contributed by atoms with Crippen molar-refractivity contribution in [2.75, 3.05) is 20.1 Å². The average molecular weight is 263 g/mol. The van der Waals surface area contributed by atoms with Gasteiger partial charge in [-0.15, -0.1) is 0 Å². The van der Waals surface area contributed by atoms with Crippen LogP contribution in [0, 0.1) is 0 Å². The fraction of sp³-hybridized carbons (Fsp3) is 0.533. The second kappa shape index (κ2) is 8.40. The largest absolute Gasteiger partial charge is 0.508 e. The highest BCUT2D eigenvalue weighted by Gasteiger charge is 2.04. The van der Waals surface area contributed by atoms with Crippen LogP contribution in [0.5, 0.6) is 5.75 Å². The minimum Gasteiger partial charge on any atom is -0.508 e. The van der Waals surface area contributed by atoms with Crippen molar-refractivity contribution >= 4 is 5.96 Å². The average Bonchev–Trinajstić information content (AvgIpc) is 2.42. The Morgan fingerprint density at radius 2 is 1.95 bits per heavy atom. The minimum absolute atomic E-state index is 0.291. The van der Waals surface area contributed by atoms with Crippen molar-refractivity contribution in [1.29, 1.82) is 0 Å². The molecule has 0 aliphatic heterocycles. The fourth-order valence-corrected chi connectivity index (χ4v) is 1.74. The Hall–Kier alpha value is -1.71. The van der Waals surface area contributed by atoms with Gasteiger partial charge in [-0.2, -0.15) is 0 Å². The Morgan fingerprint density at radius 3 is 2.53 bits per heavy atom. The van der Waals surface area contributed by atoms with Crippen LogP contribution >= 0.6 is 0 Å². The molecule has 0 aromatic heterocycles. The molecule has 0 spiro atoms. The number of phenols is 1. The number of nitrogens with zero attached hydrogens (tertiary/aromatic N) is 2. The zero-order valence-electron chi connectivity index (χ0n) is 12.2. The van der Waals surface area contributed by atoms with E-state index in [4.69, 9.17) is 0 Å². The van der Waals surface area contributed by atoms with E-state index in [2.05, 4.69) is 36.1 Å². The van der Waals surface area contributed by atoms with Crippen LogP contribution in [0.4, 0.5) is 0 Å². The molecular formula is C15H25N3O. The van der Waals surface area contributed by atoms with Gasteiger partial charge >= 0.3 is 0 Å². The summed E-state index contributed by atoms with van der Waals surface area (Å²) in [6, 6.07) is 7.18. The number of benzene rings is 1. The van der Waals surface area contributed by atoms with Gasteiger partial charge in [0.2, 0.25) is 0 Å². The molecule has 4 heteroatoms. The summed E-state index contributed by atoms with van der Waals surface area (Å²) in [7, 11) is 2.06. The SMILES string of the molecule is CCCCN(C)C(=NCc1ccc(O)cc1)NCC. The van der Waals surface area contributed by atoms with Gasteiger partial charge in [0.1, 0.15) is 5.75 Å². The molecule has 19 heavy (non-hydrogen) atoms. The molecule has 1 aromatic rings. The highest BCUT2D eigenvalue weighted by molar-refractivity contribution is 5.79. The van der Waals surface area contributed by atoms with Crippen molar-refractivity contribution < 1.29 is 5.11 Å². The molecule has 0 fully saturated rings. The predicted octanol–water partition coefficient (Wildman–Crippen LogP) is 2.59. The third-order valence-corrected chi connectivity index (χ3v) is 2.89. The Kier molecular flexibility index (Phi) is 6.79. The lowest BCUT2D eigenvalue weighted by Crippen LogP contribution is -2.39. The highest BCUT2D eigenvalue weighted by atomic mass is 16.3. The lowest BCUT2D eigenvalue weighted by molar-refractivity contribution is 0.464. The normalized spacial score (nSPS) is 11.4. The summed E-state index contributed by atoms with van der Waals surface area (Å²) in [6.45, 7) is 6.76. The van der Waals surface area contributed by atoms with E-state index in [1.165, 1.54) is 12.8 Å². The number of phenolic OH excluding ortho intramolecular Hbond substituents is 1. The molecule has 1 aromatic carbocycles. The van der Waals surface area contributed by atoms with Crippen molar-refractivity contribution in [2.45, 2.75) is 33.2 Å². The Morgan fingerprint density at radius 1 is 1.26 bits per heavy atom. The number of rotatable bonds is 6. The second-order valence-corrected chi connectivity index (χ2v) is 4.61. The van der Waals surface area contributed by atoms with E-state index in [-0.39, 0.29) is 0 Å². The van der Waals surface area contributed by atoms with E-state index in [0.717, 1.165) is 24.6 Å². The van der Waals surface area contributed by atoms with Crippen LogP contribution in [0.15, 0.2) is 29.3 Å². The van der Waals surface area contributed by atoms with Crippen LogP contribution < -0.4 is 5.32 Å². The molecule has 0 aliphatic carbocycles. The lowest BCUT2D eigenvalue weighted by atomic mass is 10.2. The summed E-state index contributed by atoms with van der Waals surface area (Å²) in [4.78, 5) is 6.78. The predicted molar refractivity (Wildman–Crippen MR) is 80.5 cm³/mol. The molecule has 4 nitrogen and oxygen atoms in total. The number of hydrogen-bond donors (Lipinski definition) is 2. The van der Waals surface area contributed by atoms with E-state index < -0.39 is 0 Å². The summed E-state index contributed by atoms with van der Waals surface area (Å²) in [5.74, 6) is 1.23. The first-order chi connectivity index (χ1) is 9.17. The van der Waals surface area contributed by atoms with Crippen molar-refractivity contribution in [3.8, 4) is 5.75 Å². The third-order valence-electron chi connectivity index (χ3n) is 2.89. The molecule has 0 bridgehead atoms. The molecule has 0 aliphatic rings. The third kappa shape index (κ3) is 5.64. The molecule has 0 amide bonds.